The minimum atomic E-state index is -0.359. The lowest BCUT2D eigenvalue weighted by Gasteiger charge is -2.33. The molecule has 5 heteroatoms. The Bertz CT molecular complexity index is 658. The van der Waals surface area contributed by atoms with Crippen molar-refractivity contribution in [1.82, 2.24) is 10.2 Å². The molecular formula is C21H29N3O2. The number of hydrogen-bond donors (Lipinski definition) is 2. The van der Waals surface area contributed by atoms with Gasteiger partial charge in [-0.1, -0.05) is 31.0 Å². The zero-order valence-corrected chi connectivity index (χ0v) is 15.3. The number of fused-ring (bicyclic) bond motifs is 1. The topological polar surface area (TPSA) is 75.4 Å². The van der Waals surface area contributed by atoms with Crippen LogP contribution >= 0.6 is 0 Å². The van der Waals surface area contributed by atoms with E-state index in [-0.39, 0.29) is 29.9 Å². The lowest BCUT2D eigenvalue weighted by atomic mass is 9.84. The molecule has 140 valence electrons. The number of carbonyl (C=O) groups is 2. The summed E-state index contributed by atoms with van der Waals surface area (Å²) >= 11 is 0. The number of hydrogen-bond acceptors (Lipinski definition) is 3. The van der Waals surface area contributed by atoms with Gasteiger partial charge >= 0.3 is 0 Å². The predicted molar refractivity (Wildman–Crippen MR) is 100 cm³/mol. The van der Waals surface area contributed by atoms with Crippen molar-refractivity contribution in [2.75, 3.05) is 6.54 Å². The van der Waals surface area contributed by atoms with E-state index in [9.17, 15) is 9.59 Å². The fourth-order valence-corrected chi connectivity index (χ4v) is 4.74. The maximum absolute atomic E-state index is 13.2. The van der Waals surface area contributed by atoms with E-state index >= 15 is 0 Å². The molecular weight excluding hydrogens is 326 g/mol. The van der Waals surface area contributed by atoms with E-state index < -0.39 is 0 Å². The van der Waals surface area contributed by atoms with E-state index in [4.69, 9.17) is 5.73 Å². The van der Waals surface area contributed by atoms with Gasteiger partial charge in [0.25, 0.3) is 5.91 Å². The van der Waals surface area contributed by atoms with Gasteiger partial charge in [-0.25, -0.2) is 0 Å². The fourth-order valence-electron chi connectivity index (χ4n) is 4.74. The van der Waals surface area contributed by atoms with Gasteiger partial charge in [-0.3, -0.25) is 9.59 Å². The Morgan fingerprint density at radius 3 is 2.58 bits per heavy atom. The van der Waals surface area contributed by atoms with Gasteiger partial charge in [0.15, 0.2) is 0 Å². The highest BCUT2D eigenvalue weighted by Crippen LogP contribution is 2.40. The molecule has 26 heavy (non-hydrogen) atoms. The molecule has 0 aromatic heterocycles. The average Bonchev–Trinajstić information content (AvgIpc) is 3.46. The number of nitrogens with zero attached hydrogens (tertiary/aromatic N) is 1. The van der Waals surface area contributed by atoms with Gasteiger partial charge in [-0.15, -0.1) is 0 Å². The van der Waals surface area contributed by atoms with Crippen LogP contribution in [0.25, 0.3) is 0 Å². The molecule has 1 heterocycles. The third-order valence-electron chi connectivity index (χ3n) is 6.39. The van der Waals surface area contributed by atoms with Gasteiger partial charge in [0.05, 0.1) is 0 Å². The first kappa shape index (κ1) is 17.5. The third kappa shape index (κ3) is 3.50. The molecule has 1 saturated heterocycles. The molecule has 4 rings (SSSR count). The highest BCUT2D eigenvalue weighted by Gasteiger charge is 2.47. The molecule has 1 aromatic rings. The van der Waals surface area contributed by atoms with Gasteiger partial charge in [0.2, 0.25) is 5.91 Å². The quantitative estimate of drug-likeness (QED) is 0.851. The summed E-state index contributed by atoms with van der Waals surface area (Å²) in [6, 6.07) is 9.24. The van der Waals surface area contributed by atoms with E-state index in [2.05, 4.69) is 5.32 Å². The highest BCUT2D eigenvalue weighted by atomic mass is 16.2. The number of nitrogens with one attached hydrogen (secondary N) is 1. The molecule has 0 radical (unpaired) electrons. The second-order valence-corrected chi connectivity index (χ2v) is 8.19. The Balaban J connectivity index is 1.50. The monoisotopic (exact) mass is 355 g/mol. The van der Waals surface area contributed by atoms with E-state index in [0.717, 1.165) is 25.7 Å². The van der Waals surface area contributed by atoms with Crippen LogP contribution in [0.1, 0.15) is 55.3 Å². The summed E-state index contributed by atoms with van der Waals surface area (Å²) < 4.78 is 0. The molecule has 4 unspecified atom stereocenters. The lowest BCUT2D eigenvalue weighted by Crippen LogP contribution is -2.51. The first-order valence-corrected chi connectivity index (χ1v) is 10.1. The van der Waals surface area contributed by atoms with E-state index in [0.29, 0.717) is 23.9 Å². The van der Waals surface area contributed by atoms with Crippen LogP contribution < -0.4 is 11.1 Å². The molecule has 2 amide bonds. The van der Waals surface area contributed by atoms with Crippen molar-refractivity contribution in [2.24, 2.45) is 17.6 Å². The Labute approximate surface area is 155 Å². The molecule has 1 aliphatic heterocycles. The molecule has 2 saturated carbocycles. The van der Waals surface area contributed by atoms with Gasteiger partial charge in [0, 0.05) is 24.2 Å². The number of carbonyl (C=O) groups excluding carboxylic acids is 2. The summed E-state index contributed by atoms with van der Waals surface area (Å²) in [5.41, 5.74) is 6.81. The predicted octanol–water partition coefficient (Wildman–Crippen LogP) is 2.31. The molecule has 3 N–H and O–H groups in total. The maximum Gasteiger partial charge on any atom is 0.254 e. The zero-order valence-electron chi connectivity index (χ0n) is 15.3. The Kier molecular flexibility index (Phi) is 4.98. The third-order valence-corrected chi connectivity index (χ3v) is 6.39. The second kappa shape index (κ2) is 7.39. The second-order valence-electron chi connectivity index (χ2n) is 8.19. The van der Waals surface area contributed by atoms with E-state index in [1.54, 1.807) is 0 Å². The Morgan fingerprint density at radius 2 is 1.85 bits per heavy atom. The first-order chi connectivity index (χ1) is 12.6. The molecule has 2 aliphatic carbocycles. The molecule has 1 aromatic carbocycles. The summed E-state index contributed by atoms with van der Waals surface area (Å²) in [4.78, 5) is 28.0. The van der Waals surface area contributed by atoms with Crippen LogP contribution in [0.2, 0.25) is 0 Å². The first-order valence-electron chi connectivity index (χ1n) is 10.1. The zero-order chi connectivity index (χ0) is 18.1. The number of nitrogens with two attached hydrogens (primary N) is 1. The molecule has 3 aliphatic rings. The largest absolute Gasteiger partial charge is 0.353 e. The summed E-state index contributed by atoms with van der Waals surface area (Å²) in [6.07, 6.45) is 7.60. The van der Waals surface area contributed by atoms with E-state index in [1.165, 1.54) is 19.3 Å². The average molecular weight is 355 g/mol. The van der Waals surface area contributed by atoms with Crippen LogP contribution in [-0.4, -0.2) is 41.4 Å². The lowest BCUT2D eigenvalue weighted by molar-refractivity contribution is -0.125. The van der Waals surface area contributed by atoms with Crippen LogP contribution in [0, 0.1) is 11.8 Å². The van der Waals surface area contributed by atoms with E-state index in [1.807, 2.05) is 35.2 Å². The minimum absolute atomic E-state index is 0.00774. The van der Waals surface area contributed by atoms with Gasteiger partial charge in [-0.2, -0.15) is 0 Å². The molecule has 4 atom stereocenters. The molecule has 0 bridgehead atoms. The maximum atomic E-state index is 13.2. The minimum Gasteiger partial charge on any atom is -0.353 e. The van der Waals surface area contributed by atoms with Crippen molar-refractivity contribution in [3.8, 4) is 0 Å². The van der Waals surface area contributed by atoms with Crippen LogP contribution in [0.15, 0.2) is 30.3 Å². The van der Waals surface area contributed by atoms with Crippen LogP contribution in [0.5, 0.6) is 0 Å². The van der Waals surface area contributed by atoms with Crippen molar-refractivity contribution in [3.05, 3.63) is 35.9 Å². The molecule has 5 nitrogen and oxygen atoms in total. The molecule has 0 spiro atoms. The van der Waals surface area contributed by atoms with Crippen molar-refractivity contribution < 1.29 is 9.59 Å². The standard InChI is InChI=1S/C21H29N3O2/c22-17(14-10-11-14)13-23-20(25)19-12-16-8-4-5-9-18(16)24(19)21(26)15-6-2-1-3-7-15/h1-3,6-7,14,16-19H,4-5,8-13,22H2,(H,23,25). The van der Waals surface area contributed by atoms with Crippen molar-refractivity contribution >= 4 is 11.8 Å². The Morgan fingerprint density at radius 1 is 1.12 bits per heavy atom. The Hall–Kier alpha value is -1.88. The summed E-state index contributed by atoms with van der Waals surface area (Å²) in [6.45, 7) is 0.517. The summed E-state index contributed by atoms with van der Waals surface area (Å²) in [5, 5.41) is 3.03. The number of likely N-dealkylation sites (tertiary alicyclic amines) is 1. The van der Waals surface area contributed by atoms with Crippen molar-refractivity contribution in [2.45, 2.75) is 63.1 Å². The highest BCUT2D eigenvalue weighted by molar-refractivity contribution is 5.98. The summed E-state index contributed by atoms with van der Waals surface area (Å²) in [5.74, 6) is 0.971. The normalized spacial score (nSPS) is 29.1. The van der Waals surface area contributed by atoms with Gasteiger partial charge in [0.1, 0.15) is 6.04 Å². The van der Waals surface area contributed by atoms with Crippen LogP contribution in [0.3, 0.4) is 0 Å². The van der Waals surface area contributed by atoms with Crippen LogP contribution in [0.4, 0.5) is 0 Å². The van der Waals surface area contributed by atoms with Gasteiger partial charge < -0.3 is 16.0 Å². The van der Waals surface area contributed by atoms with Gasteiger partial charge in [-0.05, 0) is 56.1 Å². The smallest absolute Gasteiger partial charge is 0.254 e. The van der Waals surface area contributed by atoms with Crippen molar-refractivity contribution in [1.29, 1.82) is 0 Å². The SMILES string of the molecule is NC(CNC(=O)C1CC2CCCCC2N1C(=O)c1ccccc1)C1CC1. The van der Waals surface area contributed by atoms with Crippen molar-refractivity contribution in [3.63, 3.8) is 0 Å². The van der Waals surface area contributed by atoms with Crippen LogP contribution in [-0.2, 0) is 4.79 Å². The summed E-state index contributed by atoms with van der Waals surface area (Å²) in [7, 11) is 0. The number of amides is 2. The number of benzene rings is 1. The fraction of sp³-hybridized carbons (Fsp3) is 0.619. The molecule has 3 fully saturated rings. The number of rotatable bonds is 5.